The van der Waals surface area contributed by atoms with Crippen molar-refractivity contribution in [3.8, 4) is 11.5 Å². The van der Waals surface area contributed by atoms with E-state index in [1.54, 1.807) is 13.0 Å². The monoisotopic (exact) mass is 153 g/mol. The molecule has 1 aromatic rings. The SMILES string of the molecule is C[C@H](N)c1c(O)cccc1O. The van der Waals surface area contributed by atoms with Gasteiger partial charge in [0.1, 0.15) is 11.5 Å². The van der Waals surface area contributed by atoms with Gasteiger partial charge in [-0.25, -0.2) is 0 Å². The molecule has 0 amide bonds. The van der Waals surface area contributed by atoms with Crippen molar-refractivity contribution in [2.45, 2.75) is 13.0 Å². The second-order valence-corrected chi connectivity index (χ2v) is 2.50. The van der Waals surface area contributed by atoms with Gasteiger partial charge in [-0.05, 0) is 19.1 Å². The zero-order valence-electron chi connectivity index (χ0n) is 6.28. The summed E-state index contributed by atoms with van der Waals surface area (Å²) in [6.45, 7) is 1.70. The zero-order valence-corrected chi connectivity index (χ0v) is 6.28. The van der Waals surface area contributed by atoms with E-state index < -0.39 is 0 Å². The highest BCUT2D eigenvalue weighted by Gasteiger charge is 2.09. The van der Waals surface area contributed by atoms with E-state index >= 15 is 0 Å². The Kier molecular flexibility index (Phi) is 2.01. The third kappa shape index (κ3) is 1.43. The highest BCUT2D eigenvalue weighted by atomic mass is 16.3. The lowest BCUT2D eigenvalue weighted by molar-refractivity contribution is 0.432. The first-order chi connectivity index (χ1) is 5.13. The summed E-state index contributed by atoms with van der Waals surface area (Å²) in [4.78, 5) is 0. The maximum absolute atomic E-state index is 9.22. The molecular formula is C8H11NO2. The second kappa shape index (κ2) is 2.80. The molecule has 3 nitrogen and oxygen atoms in total. The number of hydrogen-bond acceptors (Lipinski definition) is 3. The molecule has 0 spiro atoms. The predicted molar refractivity (Wildman–Crippen MR) is 42.4 cm³/mol. The molecule has 0 aromatic heterocycles. The molecule has 0 saturated carbocycles. The van der Waals surface area contributed by atoms with Crippen molar-refractivity contribution in [2.75, 3.05) is 0 Å². The Labute approximate surface area is 65.1 Å². The summed E-state index contributed by atoms with van der Waals surface area (Å²) in [6.07, 6.45) is 0. The summed E-state index contributed by atoms with van der Waals surface area (Å²) >= 11 is 0. The minimum atomic E-state index is -0.351. The van der Waals surface area contributed by atoms with E-state index in [-0.39, 0.29) is 17.5 Å². The first-order valence-electron chi connectivity index (χ1n) is 3.39. The molecule has 0 aliphatic heterocycles. The van der Waals surface area contributed by atoms with E-state index in [9.17, 15) is 10.2 Å². The molecule has 3 heteroatoms. The molecule has 0 heterocycles. The Morgan fingerprint density at radius 3 is 2.00 bits per heavy atom. The number of benzene rings is 1. The number of phenols is 2. The highest BCUT2D eigenvalue weighted by Crippen LogP contribution is 2.30. The van der Waals surface area contributed by atoms with Crippen LogP contribution in [0, 0.1) is 0 Å². The van der Waals surface area contributed by atoms with Crippen molar-refractivity contribution in [1.29, 1.82) is 0 Å². The normalized spacial score (nSPS) is 12.9. The molecule has 0 fully saturated rings. The van der Waals surface area contributed by atoms with E-state index in [2.05, 4.69) is 0 Å². The van der Waals surface area contributed by atoms with Crippen molar-refractivity contribution in [1.82, 2.24) is 0 Å². The van der Waals surface area contributed by atoms with Crippen molar-refractivity contribution in [3.63, 3.8) is 0 Å². The van der Waals surface area contributed by atoms with E-state index in [4.69, 9.17) is 5.73 Å². The molecule has 60 valence electrons. The van der Waals surface area contributed by atoms with Gasteiger partial charge >= 0.3 is 0 Å². The number of hydrogen-bond donors (Lipinski definition) is 3. The highest BCUT2D eigenvalue weighted by molar-refractivity contribution is 5.44. The first-order valence-corrected chi connectivity index (χ1v) is 3.39. The lowest BCUT2D eigenvalue weighted by Gasteiger charge is -2.09. The Hall–Kier alpha value is -1.22. The van der Waals surface area contributed by atoms with E-state index in [0.29, 0.717) is 5.56 Å². The quantitative estimate of drug-likeness (QED) is 0.566. The van der Waals surface area contributed by atoms with Crippen molar-refractivity contribution in [2.24, 2.45) is 5.73 Å². The molecule has 0 aliphatic rings. The van der Waals surface area contributed by atoms with E-state index in [1.165, 1.54) is 12.1 Å². The van der Waals surface area contributed by atoms with Crippen LogP contribution in [0.5, 0.6) is 11.5 Å². The minimum Gasteiger partial charge on any atom is -0.507 e. The lowest BCUT2D eigenvalue weighted by Crippen LogP contribution is -2.05. The fourth-order valence-electron chi connectivity index (χ4n) is 1.01. The predicted octanol–water partition coefficient (Wildman–Crippen LogP) is 1.12. The van der Waals surface area contributed by atoms with Crippen LogP contribution in [0.3, 0.4) is 0 Å². The molecule has 0 radical (unpaired) electrons. The van der Waals surface area contributed by atoms with Gasteiger partial charge in [0.2, 0.25) is 0 Å². The van der Waals surface area contributed by atoms with Gasteiger partial charge in [0.15, 0.2) is 0 Å². The van der Waals surface area contributed by atoms with E-state index in [0.717, 1.165) is 0 Å². The lowest BCUT2D eigenvalue weighted by atomic mass is 10.1. The topological polar surface area (TPSA) is 66.5 Å². The maximum atomic E-state index is 9.22. The standard InChI is InChI=1S/C8H11NO2/c1-5(9)8-6(10)3-2-4-7(8)11/h2-5,10-11H,9H2,1H3/t5-/m0/s1. The fourth-order valence-corrected chi connectivity index (χ4v) is 1.01. The summed E-state index contributed by atoms with van der Waals surface area (Å²) in [5.74, 6) is 0.0833. The Morgan fingerprint density at radius 2 is 1.73 bits per heavy atom. The number of nitrogens with two attached hydrogens (primary N) is 1. The van der Waals surface area contributed by atoms with Crippen LogP contribution in [0.25, 0.3) is 0 Å². The Balaban J connectivity index is 3.21. The number of aromatic hydroxyl groups is 2. The molecule has 0 saturated heterocycles. The maximum Gasteiger partial charge on any atom is 0.124 e. The summed E-state index contributed by atoms with van der Waals surface area (Å²) < 4.78 is 0. The minimum absolute atomic E-state index is 0.0417. The van der Waals surface area contributed by atoms with Crippen LogP contribution in [-0.4, -0.2) is 10.2 Å². The van der Waals surface area contributed by atoms with Gasteiger partial charge in [0.25, 0.3) is 0 Å². The van der Waals surface area contributed by atoms with Crippen LogP contribution in [0.4, 0.5) is 0 Å². The first kappa shape index (κ1) is 7.88. The largest absolute Gasteiger partial charge is 0.507 e. The molecule has 11 heavy (non-hydrogen) atoms. The molecule has 1 atom stereocenters. The Morgan fingerprint density at radius 1 is 1.27 bits per heavy atom. The van der Waals surface area contributed by atoms with Crippen LogP contribution in [0.15, 0.2) is 18.2 Å². The average molecular weight is 153 g/mol. The van der Waals surface area contributed by atoms with Gasteiger partial charge in [-0.3, -0.25) is 0 Å². The van der Waals surface area contributed by atoms with Gasteiger partial charge in [0.05, 0.1) is 5.56 Å². The van der Waals surface area contributed by atoms with Crippen molar-refractivity contribution < 1.29 is 10.2 Å². The van der Waals surface area contributed by atoms with Gasteiger partial charge in [0, 0.05) is 6.04 Å². The third-order valence-corrected chi connectivity index (χ3v) is 1.52. The molecule has 4 N–H and O–H groups in total. The van der Waals surface area contributed by atoms with Gasteiger partial charge < -0.3 is 15.9 Å². The van der Waals surface area contributed by atoms with Gasteiger partial charge in [-0.2, -0.15) is 0 Å². The molecular weight excluding hydrogens is 142 g/mol. The zero-order chi connectivity index (χ0) is 8.43. The van der Waals surface area contributed by atoms with Gasteiger partial charge in [-0.15, -0.1) is 0 Å². The third-order valence-electron chi connectivity index (χ3n) is 1.52. The summed E-state index contributed by atoms with van der Waals surface area (Å²) in [5.41, 5.74) is 5.89. The second-order valence-electron chi connectivity index (χ2n) is 2.50. The molecule has 1 aromatic carbocycles. The Bertz CT molecular complexity index is 238. The van der Waals surface area contributed by atoms with Gasteiger partial charge in [-0.1, -0.05) is 6.07 Å². The summed E-state index contributed by atoms with van der Waals surface area (Å²) in [5, 5.41) is 18.4. The summed E-state index contributed by atoms with van der Waals surface area (Å²) in [6, 6.07) is 4.21. The molecule has 0 unspecified atom stereocenters. The van der Waals surface area contributed by atoms with Crippen LogP contribution in [0.1, 0.15) is 18.5 Å². The fraction of sp³-hybridized carbons (Fsp3) is 0.250. The molecule has 0 bridgehead atoms. The van der Waals surface area contributed by atoms with Crippen molar-refractivity contribution >= 4 is 0 Å². The average Bonchev–Trinajstić information content (AvgIpc) is 1.85. The molecule has 1 rings (SSSR count). The van der Waals surface area contributed by atoms with Crippen molar-refractivity contribution in [3.05, 3.63) is 23.8 Å². The van der Waals surface area contributed by atoms with Crippen LogP contribution in [-0.2, 0) is 0 Å². The van der Waals surface area contributed by atoms with E-state index in [1.807, 2.05) is 0 Å². The van der Waals surface area contributed by atoms with Crippen LogP contribution >= 0.6 is 0 Å². The summed E-state index contributed by atoms with van der Waals surface area (Å²) in [7, 11) is 0. The number of phenolic OH excluding ortho intramolecular Hbond substituents is 2. The number of rotatable bonds is 1. The van der Waals surface area contributed by atoms with Crippen LogP contribution in [0.2, 0.25) is 0 Å². The smallest absolute Gasteiger partial charge is 0.124 e. The molecule has 0 aliphatic carbocycles. The van der Waals surface area contributed by atoms with Crippen LogP contribution < -0.4 is 5.73 Å².